The highest BCUT2D eigenvalue weighted by Gasteiger charge is 2.21. The molecule has 0 fully saturated rings. The molecule has 1 aromatic heterocycles. The van der Waals surface area contributed by atoms with Gasteiger partial charge in [0.1, 0.15) is 0 Å². The van der Waals surface area contributed by atoms with Crippen LogP contribution < -0.4 is 9.47 Å². The zero-order chi connectivity index (χ0) is 17.6. The average molecular weight is 361 g/mol. The average Bonchev–Trinajstić information content (AvgIpc) is 3.27. The number of ether oxygens (including phenoxy) is 2. The highest BCUT2D eigenvalue weighted by Crippen LogP contribution is 2.34. The molecule has 0 bridgehead atoms. The molecule has 2 aromatic rings. The summed E-state index contributed by atoms with van der Waals surface area (Å²) >= 11 is 1.78. The lowest BCUT2D eigenvalue weighted by molar-refractivity contribution is 0.251. The molecule has 0 saturated heterocycles. The molecule has 5 heteroatoms. The Labute approximate surface area is 155 Å². The largest absolute Gasteiger partial charge is 0.493 e. The maximum absolute atomic E-state index is 5.42. The molecule has 0 aliphatic carbocycles. The van der Waals surface area contributed by atoms with Crippen LogP contribution in [0, 0.1) is 0 Å². The molecule has 2 heterocycles. The summed E-state index contributed by atoms with van der Waals surface area (Å²) in [4.78, 5) is 4.95. The van der Waals surface area contributed by atoms with E-state index < -0.39 is 0 Å². The van der Waals surface area contributed by atoms with Crippen molar-refractivity contribution in [2.24, 2.45) is 0 Å². The molecule has 1 aliphatic heterocycles. The normalized spacial score (nSPS) is 14.1. The fourth-order valence-corrected chi connectivity index (χ4v) is 4.09. The van der Waals surface area contributed by atoms with Crippen molar-refractivity contribution in [2.45, 2.75) is 25.9 Å². The third kappa shape index (κ3) is 4.75. The highest BCUT2D eigenvalue weighted by molar-refractivity contribution is 7.07. The molecule has 0 saturated carbocycles. The maximum Gasteiger partial charge on any atom is 0.161 e. The van der Waals surface area contributed by atoms with Crippen LogP contribution in [0.25, 0.3) is 0 Å². The van der Waals surface area contributed by atoms with E-state index >= 15 is 0 Å². The van der Waals surface area contributed by atoms with Crippen molar-refractivity contribution in [2.75, 3.05) is 40.9 Å². The molecular formula is C20H28N2O2S. The van der Waals surface area contributed by atoms with Gasteiger partial charge in [0.15, 0.2) is 11.5 Å². The van der Waals surface area contributed by atoms with Gasteiger partial charge in [0.2, 0.25) is 0 Å². The lowest BCUT2D eigenvalue weighted by Gasteiger charge is -2.19. The van der Waals surface area contributed by atoms with E-state index in [0.29, 0.717) is 0 Å². The first-order valence-electron chi connectivity index (χ1n) is 8.85. The van der Waals surface area contributed by atoms with Crippen LogP contribution in [0.2, 0.25) is 0 Å². The van der Waals surface area contributed by atoms with E-state index in [-0.39, 0.29) is 0 Å². The molecule has 1 aromatic carbocycles. The van der Waals surface area contributed by atoms with Crippen LogP contribution >= 0.6 is 11.3 Å². The van der Waals surface area contributed by atoms with Crippen molar-refractivity contribution in [1.82, 2.24) is 9.80 Å². The monoisotopic (exact) mass is 360 g/mol. The van der Waals surface area contributed by atoms with Crippen LogP contribution in [0.5, 0.6) is 11.5 Å². The first kappa shape index (κ1) is 18.2. The Kier molecular flexibility index (Phi) is 6.34. The van der Waals surface area contributed by atoms with E-state index in [2.05, 4.69) is 45.8 Å². The second-order valence-corrected chi connectivity index (χ2v) is 7.51. The van der Waals surface area contributed by atoms with Crippen LogP contribution in [0.3, 0.4) is 0 Å². The first-order valence-corrected chi connectivity index (χ1v) is 9.79. The van der Waals surface area contributed by atoms with Gasteiger partial charge in [-0.2, -0.15) is 11.3 Å². The molecule has 0 radical (unpaired) electrons. The first-order chi connectivity index (χ1) is 12.2. The van der Waals surface area contributed by atoms with E-state index in [4.69, 9.17) is 9.47 Å². The molecule has 25 heavy (non-hydrogen) atoms. The van der Waals surface area contributed by atoms with E-state index in [0.717, 1.165) is 50.6 Å². The Balaban J connectivity index is 1.42. The van der Waals surface area contributed by atoms with Crippen molar-refractivity contribution in [3.63, 3.8) is 0 Å². The SMILES string of the molecule is COc1cc2c(cc1OC)CN(CCCN(C)CCc1ccsc1)C2. The van der Waals surface area contributed by atoms with E-state index in [1.165, 1.54) is 23.1 Å². The molecule has 0 amide bonds. The number of likely N-dealkylation sites (N-methyl/N-ethyl adjacent to an activating group) is 1. The predicted octanol–water partition coefficient (Wildman–Crippen LogP) is 3.65. The zero-order valence-corrected chi connectivity index (χ0v) is 16.3. The number of thiophene rings is 1. The van der Waals surface area contributed by atoms with Gasteiger partial charge in [-0.3, -0.25) is 4.90 Å². The van der Waals surface area contributed by atoms with Crippen molar-refractivity contribution < 1.29 is 9.47 Å². The Morgan fingerprint density at radius 3 is 2.32 bits per heavy atom. The second-order valence-electron chi connectivity index (χ2n) is 6.72. The van der Waals surface area contributed by atoms with Gasteiger partial charge in [-0.05, 0) is 72.1 Å². The number of hydrogen-bond acceptors (Lipinski definition) is 5. The van der Waals surface area contributed by atoms with Crippen molar-refractivity contribution in [1.29, 1.82) is 0 Å². The topological polar surface area (TPSA) is 24.9 Å². The Hall–Kier alpha value is -1.56. The van der Waals surface area contributed by atoms with Crippen LogP contribution in [0.4, 0.5) is 0 Å². The second kappa shape index (κ2) is 8.70. The van der Waals surface area contributed by atoms with E-state index in [1.807, 2.05) is 0 Å². The number of benzene rings is 1. The molecular weight excluding hydrogens is 332 g/mol. The number of nitrogens with zero attached hydrogens (tertiary/aromatic N) is 2. The lowest BCUT2D eigenvalue weighted by Crippen LogP contribution is -2.26. The molecule has 4 nitrogen and oxygen atoms in total. The minimum Gasteiger partial charge on any atom is -0.493 e. The van der Waals surface area contributed by atoms with Crippen LogP contribution in [0.1, 0.15) is 23.1 Å². The summed E-state index contributed by atoms with van der Waals surface area (Å²) in [6, 6.07) is 6.48. The van der Waals surface area contributed by atoms with Gasteiger partial charge in [0.05, 0.1) is 14.2 Å². The van der Waals surface area contributed by atoms with Crippen molar-refractivity contribution in [3.05, 3.63) is 45.6 Å². The highest BCUT2D eigenvalue weighted by atomic mass is 32.1. The molecule has 0 unspecified atom stereocenters. The zero-order valence-electron chi connectivity index (χ0n) is 15.5. The smallest absolute Gasteiger partial charge is 0.161 e. The summed E-state index contributed by atoms with van der Waals surface area (Å²) in [6.07, 6.45) is 2.34. The molecule has 0 spiro atoms. The lowest BCUT2D eigenvalue weighted by atomic mass is 10.1. The Bertz CT molecular complexity index is 640. The van der Waals surface area contributed by atoms with Crippen molar-refractivity contribution in [3.8, 4) is 11.5 Å². The van der Waals surface area contributed by atoms with Gasteiger partial charge in [0.25, 0.3) is 0 Å². The Morgan fingerprint density at radius 1 is 1.08 bits per heavy atom. The van der Waals surface area contributed by atoms with Gasteiger partial charge in [-0.15, -0.1) is 0 Å². The van der Waals surface area contributed by atoms with E-state index in [9.17, 15) is 0 Å². The minimum absolute atomic E-state index is 0.830. The number of hydrogen-bond donors (Lipinski definition) is 0. The van der Waals surface area contributed by atoms with Crippen molar-refractivity contribution >= 4 is 11.3 Å². The van der Waals surface area contributed by atoms with E-state index in [1.54, 1.807) is 25.6 Å². The summed E-state index contributed by atoms with van der Waals surface area (Å²) in [5.74, 6) is 1.66. The van der Waals surface area contributed by atoms with Gasteiger partial charge in [-0.1, -0.05) is 0 Å². The molecule has 0 N–H and O–H groups in total. The molecule has 0 atom stereocenters. The molecule has 3 rings (SSSR count). The number of methoxy groups -OCH3 is 2. The fourth-order valence-electron chi connectivity index (χ4n) is 3.38. The summed E-state index contributed by atoms with van der Waals surface area (Å²) in [5.41, 5.74) is 4.18. The third-order valence-corrected chi connectivity index (χ3v) is 5.60. The molecule has 1 aliphatic rings. The summed E-state index contributed by atoms with van der Waals surface area (Å²) in [6.45, 7) is 5.42. The number of rotatable bonds is 9. The summed E-state index contributed by atoms with van der Waals surface area (Å²) < 4.78 is 10.8. The van der Waals surface area contributed by atoms with Gasteiger partial charge in [-0.25, -0.2) is 0 Å². The fraction of sp³-hybridized carbons (Fsp3) is 0.500. The minimum atomic E-state index is 0.830. The maximum atomic E-state index is 5.42. The predicted molar refractivity (Wildman–Crippen MR) is 104 cm³/mol. The Morgan fingerprint density at radius 2 is 1.76 bits per heavy atom. The molecule has 136 valence electrons. The van der Waals surface area contributed by atoms with Crippen LogP contribution in [0.15, 0.2) is 29.0 Å². The third-order valence-electron chi connectivity index (χ3n) is 4.87. The number of fused-ring (bicyclic) bond motifs is 1. The standard InChI is InChI=1S/C20H28N2O2S/c1-21(9-5-16-6-10-25-15-16)7-4-8-22-13-17-11-19(23-2)20(24-3)12-18(17)14-22/h6,10-12,15H,4-5,7-9,13-14H2,1-3H3. The van der Waals surface area contributed by atoms with Gasteiger partial charge in [0, 0.05) is 26.2 Å². The summed E-state index contributed by atoms with van der Waals surface area (Å²) in [5, 5.41) is 4.40. The van der Waals surface area contributed by atoms with Gasteiger partial charge >= 0.3 is 0 Å². The van der Waals surface area contributed by atoms with Crippen LogP contribution in [-0.4, -0.2) is 50.7 Å². The van der Waals surface area contributed by atoms with Crippen LogP contribution in [-0.2, 0) is 19.5 Å². The summed E-state index contributed by atoms with van der Waals surface area (Å²) in [7, 11) is 5.62. The quantitative estimate of drug-likeness (QED) is 0.681. The van der Waals surface area contributed by atoms with Gasteiger partial charge < -0.3 is 14.4 Å².